The molecule has 0 atom stereocenters. The van der Waals surface area contributed by atoms with Crippen molar-refractivity contribution >= 4 is 14.4 Å². The Morgan fingerprint density at radius 1 is 1.56 bits per heavy atom. The van der Waals surface area contributed by atoms with Gasteiger partial charge in [0.05, 0.1) is 11.8 Å². The molecule has 6 heteroatoms. The predicted molar refractivity (Wildman–Crippen MR) is 61.7 cm³/mol. The molecule has 0 fully saturated rings. The van der Waals surface area contributed by atoms with Crippen LogP contribution in [0.4, 0.5) is 4.39 Å². The maximum Gasteiger partial charge on any atom is 0.224 e. The number of nitrogens with zero attached hydrogens (tertiary/aromatic N) is 2. The Labute approximate surface area is 95.4 Å². The van der Waals surface area contributed by atoms with E-state index in [1.165, 1.54) is 6.20 Å². The Morgan fingerprint density at radius 2 is 2.25 bits per heavy atom. The van der Waals surface area contributed by atoms with Gasteiger partial charge in [-0.15, -0.1) is 0 Å². The Bertz CT molecular complexity index is 360. The van der Waals surface area contributed by atoms with Crippen LogP contribution in [0.25, 0.3) is 0 Å². The summed E-state index contributed by atoms with van der Waals surface area (Å²) >= 11 is 0. The van der Waals surface area contributed by atoms with Crippen LogP contribution in [0.2, 0.25) is 25.7 Å². The molecule has 1 aromatic heterocycles. The third-order valence-corrected chi connectivity index (χ3v) is 3.84. The highest BCUT2D eigenvalue weighted by Gasteiger charge is 2.13. The number of aldehydes is 1. The first-order valence-corrected chi connectivity index (χ1v) is 8.89. The molecule has 0 aliphatic heterocycles. The number of aromatic nitrogens is 2. The zero-order valence-electron chi connectivity index (χ0n) is 9.86. The lowest BCUT2D eigenvalue weighted by molar-refractivity contribution is 0.0696. The second-order valence-electron chi connectivity index (χ2n) is 4.86. The highest BCUT2D eigenvalue weighted by Crippen LogP contribution is 2.08. The van der Waals surface area contributed by atoms with E-state index in [4.69, 9.17) is 4.74 Å². The van der Waals surface area contributed by atoms with Crippen LogP contribution in [0.5, 0.6) is 0 Å². The number of carbonyl (C=O) groups excluding carboxylic acids is 1. The van der Waals surface area contributed by atoms with Crippen LogP contribution in [-0.4, -0.2) is 30.7 Å². The summed E-state index contributed by atoms with van der Waals surface area (Å²) in [6, 6.07) is 1.02. The minimum Gasteiger partial charge on any atom is -0.359 e. The van der Waals surface area contributed by atoms with E-state index in [9.17, 15) is 9.18 Å². The standard InChI is InChI=1S/C10H17FN2O2Si/c1-16(2,3)5-4-15-8-13-10(11)9(7-14)6-12-13/h6-7H,4-5,8H2,1-3H3. The number of ether oxygens (including phenoxy) is 1. The Morgan fingerprint density at radius 3 is 2.75 bits per heavy atom. The lowest BCUT2D eigenvalue weighted by atomic mass is 10.4. The number of hydrogen-bond donors (Lipinski definition) is 0. The van der Waals surface area contributed by atoms with Crippen molar-refractivity contribution in [2.75, 3.05) is 6.61 Å². The first-order valence-electron chi connectivity index (χ1n) is 5.18. The molecule has 4 nitrogen and oxygen atoms in total. The van der Waals surface area contributed by atoms with Crippen LogP contribution < -0.4 is 0 Å². The van der Waals surface area contributed by atoms with Gasteiger partial charge in [0.25, 0.3) is 0 Å². The molecule has 1 aromatic rings. The summed E-state index contributed by atoms with van der Waals surface area (Å²) in [5.41, 5.74) is -0.0335. The van der Waals surface area contributed by atoms with E-state index < -0.39 is 14.0 Å². The number of hydrogen-bond acceptors (Lipinski definition) is 3. The van der Waals surface area contributed by atoms with Gasteiger partial charge in [0, 0.05) is 14.7 Å². The Kier molecular flexibility index (Phi) is 4.37. The molecule has 0 unspecified atom stereocenters. The summed E-state index contributed by atoms with van der Waals surface area (Å²) in [4.78, 5) is 10.4. The van der Waals surface area contributed by atoms with Crippen molar-refractivity contribution in [3.8, 4) is 0 Å². The molecular formula is C10H17FN2O2Si. The molecule has 16 heavy (non-hydrogen) atoms. The van der Waals surface area contributed by atoms with Crippen LogP contribution in [-0.2, 0) is 11.5 Å². The van der Waals surface area contributed by atoms with Gasteiger partial charge in [-0.3, -0.25) is 4.79 Å². The Hall–Kier alpha value is -1.01. The summed E-state index contributed by atoms with van der Waals surface area (Å²) in [6.07, 6.45) is 1.64. The molecule has 0 aliphatic carbocycles. The van der Waals surface area contributed by atoms with Crippen LogP contribution in [0.3, 0.4) is 0 Å². The van der Waals surface area contributed by atoms with Gasteiger partial charge in [0.2, 0.25) is 5.95 Å². The second kappa shape index (κ2) is 5.36. The maximum atomic E-state index is 13.3. The van der Waals surface area contributed by atoms with Gasteiger partial charge < -0.3 is 4.74 Å². The third-order valence-electron chi connectivity index (χ3n) is 2.14. The van der Waals surface area contributed by atoms with E-state index >= 15 is 0 Å². The molecule has 0 spiro atoms. The highest BCUT2D eigenvalue weighted by atomic mass is 28.3. The first kappa shape index (κ1) is 13.1. The van der Waals surface area contributed by atoms with Gasteiger partial charge in [-0.25, -0.2) is 4.68 Å². The van der Waals surface area contributed by atoms with E-state index in [1.807, 2.05) is 0 Å². The largest absolute Gasteiger partial charge is 0.359 e. The smallest absolute Gasteiger partial charge is 0.224 e. The summed E-state index contributed by atoms with van der Waals surface area (Å²) < 4.78 is 19.7. The van der Waals surface area contributed by atoms with Crippen molar-refractivity contribution in [3.05, 3.63) is 17.7 Å². The van der Waals surface area contributed by atoms with Crippen LogP contribution in [0, 0.1) is 5.95 Å². The quantitative estimate of drug-likeness (QED) is 0.437. The molecule has 0 radical (unpaired) electrons. The molecule has 1 rings (SSSR count). The van der Waals surface area contributed by atoms with Crippen molar-refractivity contribution < 1.29 is 13.9 Å². The van der Waals surface area contributed by atoms with Crippen LogP contribution >= 0.6 is 0 Å². The van der Waals surface area contributed by atoms with E-state index in [0.29, 0.717) is 12.9 Å². The zero-order chi connectivity index (χ0) is 12.2. The van der Waals surface area contributed by atoms with Crippen LogP contribution in [0.1, 0.15) is 10.4 Å². The van der Waals surface area contributed by atoms with Gasteiger partial charge >= 0.3 is 0 Å². The van der Waals surface area contributed by atoms with Gasteiger partial charge in [-0.2, -0.15) is 9.49 Å². The summed E-state index contributed by atoms with van der Waals surface area (Å²) in [6.45, 7) is 7.40. The summed E-state index contributed by atoms with van der Waals surface area (Å²) in [7, 11) is -1.12. The minimum atomic E-state index is -1.12. The number of carbonyl (C=O) groups is 1. The average Bonchev–Trinajstić information content (AvgIpc) is 2.53. The van der Waals surface area contributed by atoms with Crippen molar-refractivity contribution in [1.82, 2.24) is 9.78 Å². The maximum absolute atomic E-state index is 13.3. The minimum absolute atomic E-state index is 0.0335. The molecule has 0 N–H and O–H groups in total. The molecule has 0 amide bonds. The number of halogens is 1. The molecule has 0 saturated heterocycles. The van der Waals surface area contributed by atoms with Gasteiger partial charge in [0.1, 0.15) is 6.73 Å². The van der Waals surface area contributed by atoms with Crippen molar-refractivity contribution in [3.63, 3.8) is 0 Å². The van der Waals surface area contributed by atoms with Crippen LogP contribution in [0.15, 0.2) is 6.20 Å². The summed E-state index contributed by atoms with van der Waals surface area (Å²) in [5.74, 6) is -0.636. The fourth-order valence-electron chi connectivity index (χ4n) is 1.08. The predicted octanol–water partition coefficient (Wildman–Crippen LogP) is 2.15. The molecule has 0 saturated carbocycles. The molecule has 0 aromatic carbocycles. The Balaban J connectivity index is 2.38. The molecule has 0 bridgehead atoms. The second-order valence-corrected chi connectivity index (χ2v) is 10.5. The highest BCUT2D eigenvalue weighted by molar-refractivity contribution is 6.76. The average molecular weight is 244 g/mol. The molecular weight excluding hydrogens is 227 g/mol. The normalized spacial score (nSPS) is 11.8. The van der Waals surface area contributed by atoms with Gasteiger partial charge in [-0.1, -0.05) is 19.6 Å². The van der Waals surface area contributed by atoms with E-state index in [1.54, 1.807) is 0 Å². The lowest BCUT2D eigenvalue weighted by Gasteiger charge is -2.15. The number of rotatable bonds is 6. The van der Waals surface area contributed by atoms with E-state index in [2.05, 4.69) is 24.7 Å². The van der Waals surface area contributed by atoms with E-state index in [0.717, 1.165) is 10.7 Å². The lowest BCUT2D eigenvalue weighted by Crippen LogP contribution is -2.22. The fourth-order valence-corrected chi connectivity index (χ4v) is 1.84. The molecule has 90 valence electrons. The SMILES string of the molecule is C[Si](C)(C)CCOCn1ncc(C=O)c1F. The monoisotopic (exact) mass is 244 g/mol. The van der Waals surface area contributed by atoms with Crippen molar-refractivity contribution in [2.24, 2.45) is 0 Å². The first-order chi connectivity index (χ1) is 7.44. The van der Waals surface area contributed by atoms with E-state index in [-0.39, 0.29) is 12.3 Å². The molecule has 0 aliphatic rings. The van der Waals surface area contributed by atoms with Gasteiger partial charge in [0.15, 0.2) is 6.29 Å². The zero-order valence-corrected chi connectivity index (χ0v) is 10.9. The third kappa shape index (κ3) is 3.86. The van der Waals surface area contributed by atoms with Crippen molar-refractivity contribution in [1.29, 1.82) is 0 Å². The fraction of sp³-hybridized carbons (Fsp3) is 0.600. The summed E-state index contributed by atoms with van der Waals surface area (Å²) in [5, 5.41) is 3.72. The van der Waals surface area contributed by atoms with Gasteiger partial charge in [-0.05, 0) is 6.04 Å². The molecule has 1 heterocycles. The van der Waals surface area contributed by atoms with Crippen molar-refractivity contribution in [2.45, 2.75) is 32.4 Å². The topological polar surface area (TPSA) is 44.1 Å².